The molecule has 1 atom stereocenters. The summed E-state index contributed by atoms with van der Waals surface area (Å²) in [5, 5.41) is 5.28. The van der Waals surface area contributed by atoms with Crippen LogP contribution in [0.2, 0.25) is 0 Å². The Morgan fingerprint density at radius 3 is 3.11 bits per heavy atom. The molecule has 1 aromatic heterocycles. The lowest BCUT2D eigenvalue weighted by Crippen LogP contribution is -2.20. The van der Waals surface area contributed by atoms with E-state index in [0.717, 1.165) is 49.1 Å². The highest BCUT2D eigenvalue weighted by atomic mass is 19.1. The maximum absolute atomic E-state index is 13.4. The Morgan fingerprint density at radius 1 is 1.21 bits per heavy atom. The van der Waals surface area contributed by atoms with E-state index >= 15 is 0 Å². The summed E-state index contributed by atoms with van der Waals surface area (Å²) in [7, 11) is 0. The first-order valence-corrected chi connectivity index (χ1v) is 6.71. The van der Waals surface area contributed by atoms with Crippen molar-refractivity contribution in [2.45, 2.75) is 25.3 Å². The van der Waals surface area contributed by atoms with Crippen LogP contribution in [0.1, 0.15) is 19.3 Å². The van der Waals surface area contributed by atoms with E-state index in [1.165, 1.54) is 12.1 Å². The highest BCUT2D eigenvalue weighted by Gasteiger charge is 2.14. The molecule has 0 spiro atoms. The molecule has 1 unspecified atom stereocenters. The summed E-state index contributed by atoms with van der Waals surface area (Å²) in [6.07, 6.45) is 4.84. The van der Waals surface area contributed by atoms with Crippen LogP contribution in [0.5, 0.6) is 0 Å². The normalized spacial score (nSPS) is 20.2. The van der Waals surface area contributed by atoms with Gasteiger partial charge in [-0.1, -0.05) is 6.07 Å². The number of nitrogens with one attached hydrogen (secondary N) is 1. The van der Waals surface area contributed by atoms with Crippen molar-refractivity contribution < 1.29 is 9.13 Å². The van der Waals surface area contributed by atoms with Crippen LogP contribution in [0.25, 0.3) is 10.8 Å². The number of anilines is 1. The van der Waals surface area contributed by atoms with Crippen molar-refractivity contribution in [3.63, 3.8) is 0 Å². The first-order chi connectivity index (χ1) is 9.33. The number of ether oxygens (including phenoxy) is 1. The minimum Gasteiger partial charge on any atom is -0.381 e. The van der Waals surface area contributed by atoms with E-state index in [0.29, 0.717) is 6.04 Å². The zero-order chi connectivity index (χ0) is 13.1. The van der Waals surface area contributed by atoms with E-state index in [1.807, 2.05) is 6.07 Å². The molecule has 1 saturated heterocycles. The molecule has 3 nitrogen and oxygen atoms in total. The number of hydrogen-bond donors (Lipinski definition) is 1. The lowest BCUT2D eigenvalue weighted by Gasteiger charge is -2.17. The van der Waals surface area contributed by atoms with Crippen molar-refractivity contribution in [1.82, 2.24) is 4.98 Å². The minimum absolute atomic E-state index is 0.229. The first kappa shape index (κ1) is 12.4. The van der Waals surface area contributed by atoms with Gasteiger partial charge in [-0.25, -0.2) is 9.37 Å². The summed E-state index contributed by atoms with van der Waals surface area (Å²) < 4.78 is 18.8. The van der Waals surface area contributed by atoms with Gasteiger partial charge < -0.3 is 10.1 Å². The molecule has 2 heterocycles. The number of hydrogen-bond acceptors (Lipinski definition) is 3. The van der Waals surface area contributed by atoms with E-state index in [-0.39, 0.29) is 5.82 Å². The summed E-state index contributed by atoms with van der Waals surface area (Å²) in [5.41, 5.74) is 0. The molecule has 0 saturated carbocycles. The van der Waals surface area contributed by atoms with Gasteiger partial charge in [-0.3, -0.25) is 0 Å². The molecule has 2 aromatic rings. The van der Waals surface area contributed by atoms with Gasteiger partial charge in [0, 0.05) is 30.8 Å². The van der Waals surface area contributed by atoms with E-state index < -0.39 is 0 Å². The van der Waals surface area contributed by atoms with Gasteiger partial charge in [0.05, 0.1) is 0 Å². The first-order valence-electron chi connectivity index (χ1n) is 6.71. The van der Waals surface area contributed by atoms with Crippen LogP contribution in [0.4, 0.5) is 10.2 Å². The van der Waals surface area contributed by atoms with Gasteiger partial charge in [-0.05, 0) is 42.8 Å². The van der Waals surface area contributed by atoms with Crippen molar-refractivity contribution in [2.75, 3.05) is 18.5 Å². The Bertz CT molecular complexity index is 565. The summed E-state index contributed by atoms with van der Waals surface area (Å²) >= 11 is 0. The highest BCUT2D eigenvalue weighted by Crippen LogP contribution is 2.24. The minimum atomic E-state index is -0.229. The van der Waals surface area contributed by atoms with Gasteiger partial charge in [0.25, 0.3) is 0 Å². The van der Waals surface area contributed by atoms with E-state index in [4.69, 9.17) is 4.74 Å². The third-order valence-electron chi connectivity index (χ3n) is 3.52. The zero-order valence-corrected chi connectivity index (χ0v) is 10.7. The van der Waals surface area contributed by atoms with Crippen molar-refractivity contribution in [3.8, 4) is 0 Å². The largest absolute Gasteiger partial charge is 0.381 e. The van der Waals surface area contributed by atoms with Crippen LogP contribution in [0.3, 0.4) is 0 Å². The molecule has 1 aliphatic heterocycles. The third kappa shape index (κ3) is 2.84. The third-order valence-corrected chi connectivity index (χ3v) is 3.52. The number of pyridine rings is 1. The highest BCUT2D eigenvalue weighted by molar-refractivity contribution is 5.91. The Hall–Kier alpha value is -1.68. The van der Waals surface area contributed by atoms with Gasteiger partial charge in [0.15, 0.2) is 0 Å². The van der Waals surface area contributed by atoms with Crippen molar-refractivity contribution in [2.24, 2.45) is 0 Å². The van der Waals surface area contributed by atoms with Crippen LogP contribution in [-0.4, -0.2) is 24.2 Å². The molecule has 1 aromatic carbocycles. The average molecular weight is 260 g/mol. The van der Waals surface area contributed by atoms with Gasteiger partial charge in [0.2, 0.25) is 0 Å². The molecule has 4 heteroatoms. The van der Waals surface area contributed by atoms with Gasteiger partial charge in [-0.2, -0.15) is 0 Å². The summed E-state index contributed by atoms with van der Waals surface area (Å²) in [4.78, 5) is 4.35. The topological polar surface area (TPSA) is 34.2 Å². The molecule has 19 heavy (non-hydrogen) atoms. The average Bonchev–Trinajstić information content (AvgIpc) is 2.68. The molecular weight excluding hydrogens is 243 g/mol. The van der Waals surface area contributed by atoms with Crippen LogP contribution in [0, 0.1) is 5.82 Å². The Kier molecular flexibility index (Phi) is 3.60. The van der Waals surface area contributed by atoms with Crippen molar-refractivity contribution in [1.29, 1.82) is 0 Å². The van der Waals surface area contributed by atoms with E-state index in [2.05, 4.69) is 10.3 Å². The maximum Gasteiger partial charge on any atom is 0.134 e. The molecule has 0 amide bonds. The molecule has 1 fully saturated rings. The molecule has 1 aliphatic rings. The van der Waals surface area contributed by atoms with Crippen molar-refractivity contribution >= 4 is 16.6 Å². The second-order valence-electron chi connectivity index (χ2n) is 4.91. The number of aromatic nitrogens is 1. The fraction of sp³-hybridized carbons (Fsp3) is 0.400. The van der Waals surface area contributed by atoms with E-state index in [1.54, 1.807) is 12.3 Å². The molecule has 0 radical (unpaired) electrons. The summed E-state index contributed by atoms with van der Waals surface area (Å²) in [5.74, 6) is 0.539. The molecule has 1 N–H and O–H groups in total. The number of nitrogens with zero attached hydrogens (tertiary/aromatic N) is 1. The standard InChI is InChI=1S/C15H17FN2O/c16-12-4-3-11-5-7-17-15(14(11)10-12)18-13-2-1-8-19-9-6-13/h3-5,7,10,13H,1-2,6,8-9H2,(H,17,18). The second kappa shape index (κ2) is 5.53. The molecular formula is C15H17FN2O. The SMILES string of the molecule is Fc1ccc2ccnc(NC3CCCOCC3)c2c1. The lowest BCUT2D eigenvalue weighted by molar-refractivity contribution is 0.144. The van der Waals surface area contributed by atoms with Crippen LogP contribution in [0.15, 0.2) is 30.5 Å². The predicted octanol–water partition coefficient (Wildman–Crippen LogP) is 3.35. The summed E-state index contributed by atoms with van der Waals surface area (Å²) in [6, 6.07) is 7.05. The van der Waals surface area contributed by atoms with Crippen LogP contribution < -0.4 is 5.32 Å². The van der Waals surface area contributed by atoms with Gasteiger partial charge >= 0.3 is 0 Å². The Labute approximate surface area is 111 Å². The van der Waals surface area contributed by atoms with Crippen LogP contribution >= 0.6 is 0 Å². The van der Waals surface area contributed by atoms with Gasteiger partial charge in [0.1, 0.15) is 11.6 Å². The fourth-order valence-corrected chi connectivity index (χ4v) is 2.50. The van der Waals surface area contributed by atoms with E-state index in [9.17, 15) is 4.39 Å². The Balaban J connectivity index is 1.89. The number of halogens is 1. The van der Waals surface area contributed by atoms with Crippen LogP contribution in [-0.2, 0) is 4.74 Å². The molecule has 0 bridgehead atoms. The number of fused-ring (bicyclic) bond motifs is 1. The fourth-order valence-electron chi connectivity index (χ4n) is 2.50. The summed E-state index contributed by atoms with van der Waals surface area (Å²) in [6.45, 7) is 1.60. The number of rotatable bonds is 2. The maximum atomic E-state index is 13.4. The predicted molar refractivity (Wildman–Crippen MR) is 73.8 cm³/mol. The molecule has 3 rings (SSSR count). The smallest absolute Gasteiger partial charge is 0.134 e. The lowest BCUT2D eigenvalue weighted by atomic mass is 10.1. The molecule has 0 aliphatic carbocycles. The molecule has 100 valence electrons. The zero-order valence-electron chi connectivity index (χ0n) is 10.7. The Morgan fingerprint density at radius 2 is 2.16 bits per heavy atom. The second-order valence-corrected chi connectivity index (χ2v) is 4.91. The van der Waals surface area contributed by atoms with Crippen molar-refractivity contribution in [3.05, 3.63) is 36.3 Å². The quantitative estimate of drug-likeness (QED) is 0.899. The van der Waals surface area contributed by atoms with Gasteiger partial charge in [-0.15, -0.1) is 0 Å². The monoisotopic (exact) mass is 260 g/mol. The number of benzene rings is 1.